The lowest BCUT2D eigenvalue weighted by Gasteiger charge is -2.29. The van der Waals surface area contributed by atoms with E-state index in [9.17, 15) is 98.7 Å². The van der Waals surface area contributed by atoms with Crippen molar-refractivity contribution < 1.29 is 179 Å². The summed E-state index contributed by atoms with van der Waals surface area (Å²) in [7, 11) is -18.2. The first-order valence-electron chi connectivity index (χ1n) is 40.1. The number of nitrogens with zero attached hydrogens (tertiary/aromatic N) is 4. The summed E-state index contributed by atoms with van der Waals surface area (Å²) < 4.78 is 246. The van der Waals surface area contributed by atoms with E-state index in [1.807, 2.05) is 0 Å². The fourth-order valence-electron chi connectivity index (χ4n) is 12.9. The van der Waals surface area contributed by atoms with Gasteiger partial charge in [0.05, 0.1) is 61.1 Å². The monoisotopic (exact) mass is 1970 g/mol. The van der Waals surface area contributed by atoms with Gasteiger partial charge in [0, 0.05) is 69.3 Å². The maximum Gasteiger partial charge on any atom is 0.530 e. The molecule has 128 heavy (non-hydrogen) atoms. The number of phosphoric acid groups is 4. The highest BCUT2D eigenvalue weighted by molar-refractivity contribution is 7.72. The summed E-state index contributed by atoms with van der Waals surface area (Å²) in [6, 6.07) is 20.1. The number of rotatable bonds is 20. The molecule has 0 radical (unpaired) electrons. The normalized spacial score (nSPS) is 33.9. The number of benzene rings is 4. The number of phosphoric ester groups is 4. The van der Waals surface area contributed by atoms with Crippen LogP contribution in [-0.4, -0.2) is 198 Å². The van der Waals surface area contributed by atoms with Gasteiger partial charge >= 0.3 is 54.0 Å². The Labute approximate surface area is 745 Å². The van der Waals surface area contributed by atoms with Crippen molar-refractivity contribution in [2.75, 3.05) is 26.3 Å². The third-order valence-electron chi connectivity index (χ3n) is 19.9. The van der Waals surface area contributed by atoms with Crippen LogP contribution in [0.15, 0.2) is 117 Å². The number of aromatic nitrogens is 8. The standard InChI is InChI=1S/4C18H20FN2O9PS/c4*1-9-3-2-4-10-7-27-31(26,30-13(9)10)28-8-18(19)14(24)12(23)16(29-18)21-5-11(6-22)15(32)20-17(21)25/h4*2-5,12,14,16,22-24H,6-8H2,1H3,(H,20,25,32)/t4*12-,14+,16-,18-,31?/m1111/s1/i8D2,16D;16D;8D2;. The average Bonchev–Trinajstić information content (AvgIpc) is 1.48. The zero-order valence-electron chi connectivity index (χ0n) is 72.0. The highest BCUT2D eigenvalue weighted by Crippen LogP contribution is 2.61. The summed E-state index contributed by atoms with van der Waals surface area (Å²) in [5.74, 6) is -13.6. The van der Waals surface area contributed by atoms with Gasteiger partial charge < -0.3 is 98.3 Å². The van der Waals surface area contributed by atoms with Gasteiger partial charge in [-0.25, -0.2) is 55.0 Å². The van der Waals surface area contributed by atoms with E-state index in [-0.39, 0.29) is 94.8 Å². The number of nitrogens with one attached hydrogen (secondary N) is 4. The van der Waals surface area contributed by atoms with Crippen LogP contribution >= 0.6 is 80.2 Å². The van der Waals surface area contributed by atoms with E-state index in [1.165, 1.54) is 0 Å². The fraction of sp³-hybridized carbons (Fsp3) is 0.444. The molecule has 4 aromatic carbocycles. The van der Waals surface area contributed by atoms with Gasteiger partial charge in [-0.1, -0.05) is 122 Å². The highest BCUT2D eigenvalue weighted by Gasteiger charge is 2.62. The van der Waals surface area contributed by atoms with Crippen molar-refractivity contribution >= 4 is 80.2 Å². The van der Waals surface area contributed by atoms with E-state index in [1.54, 1.807) is 100 Å². The number of hydrogen-bond donors (Lipinski definition) is 16. The Hall–Kier alpha value is -7.84. The van der Waals surface area contributed by atoms with E-state index >= 15 is 17.6 Å². The SMILES string of the molecule is Cc1cccc2c1OP(=O)(OC[C@@]1(F)O[C@@H](n3cc(CO)c(=S)[nH]c3=O)[C@H](O)[C@@H]1O)OC2.[2H]C([2H])(OP1(=O)OCc2cccc(C)c2O1)[C@@]1(F)O[C@@H](n2cc(CO)c(=S)[nH]c2=O)[C@H](O)[C@@H]1O.[2H]C([2H])(OP1(=O)OCc2cccc(C)c2O1)[C@@]1(F)O[C@@]([2H])(n2cc(CO)c(=S)[nH]c2=O)[C@H](O)[C@@H]1O.[2H][C@@]1(n2cc(CO)c(=S)[nH]c2=O)O[C@](F)(COP2(=O)OCc3cccc(C)c3O2)[C@@H](O)[C@H]1O. The van der Waals surface area contributed by atoms with Crippen molar-refractivity contribution in [2.45, 2.75) is 178 Å². The van der Waals surface area contributed by atoms with E-state index < -0.39 is 204 Å². The van der Waals surface area contributed by atoms with Crippen LogP contribution in [0.1, 0.15) is 99.8 Å². The van der Waals surface area contributed by atoms with Crippen LogP contribution in [0, 0.1) is 46.3 Å². The van der Waals surface area contributed by atoms with Gasteiger partial charge in [-0.2, -0.15) is 0 Å². The third kappa shape index (κ3) is 20.1. The molecule has 0 spiro atoms. The first-order valence-corrected chi connectivity index (χ1v) is 44.6. The number of fused-ring (bicyclic) bond motifs is 4. The van der Waals surface area contributed by atoms with E-state index in [0.29, 0.717) is 53.6 Å². The molecule has 8 aliphatic heterocycles. The minimum absolute atomic E-state index is 0.0120. The van der Waals surface area contributed by atoms with Crippen LogP contribution in [-0.2, 0) is 126 Å². The van der Waals surface area contributed by atoms with Crippen LogP contribution in [0.3, 0.4) is 0 Å². The van der Waals surface area contributed by atoms with Gasteiger partial charge in [-0.15, -0.1) is 0 Å². The molecular weight excluding hydrogens is 1880 g/mol. The molecule has 44 nitrogen and oxygen atoms in total. The molecule has 0 saturated carbocycles. The molecule has 20 atom stereocenters. The predicted molar refractivity (Wildman–Crippen MR) is 432 cm³/mol. The summed E-state index contributed by atoms with van der Waals surface area (Å²) >= 11 is 19.5. The quantitative estimate of drug-likeness (QED) is 0.0257. The molecule has 8 aromatic rings. The van der Waals surface area contributed by atoms with Gasteiger partial charge in [0.25, 0.3) is 23.4 Å². The molecule has 56 heteroatoms. The molecule has 4 unspecified atom stereocenters. The van der Waals surface area contributed by atoms with Gasteiger partial charge in [-0.3, -0.25) is 74.4 Å². The number of halogens is 4. The second kappa shape index (κ2) is 38.4. The molecule has 0 aliphatic carbocycles. The second-order valence-corrected chi connectivity index (χ2v) is 36.5. The lowest BCUT2D eigenvalue weighted by atomic mass is 10.1. The van der Waals surface area contributed by atoms with E-state index in [4.69, 9.17) is 130 Å². The fourth-order valence-corrected chi connectivity index (χ4v) is 18.7. The molecular formula is C72H80F4N8O36P4S4. The first kappa shape index (κ1) is 89.4. The minimum Gasteiger partial charge on any atom is -0.403 e. The summed E-state index contributed by atoms with van der Waals surface area (Å²) in [6.07, 6.45) is -25.0. The van der Waals surface area contributed by atoms with Crippen molar-refractivity contribution in [1.29, 1.82) is 0 Å². The summed E-state index contributed by atoms with van der Waals surface area (Å²) in [5, 5.41) is 120. The number of aromatic amines is 4. The van der Waals surface area contributed by atoms with Crippen LogP contribution in [0.25, 0.3) is 0 Å². The molecule has 8 aliphatic rings. The molecule has 4 fully saturated rings. The number of ether oxygens (including phenoxy) is 4. The number of aliphatic hydroxyl groups excluding tert-OH is 12. The topological polar surface area (TPSA) is 610 Å². The highest BCUT2D eigenvalue weighted by atomic mass is 32.1. The zero-order valence-corrected chi connectivity index (χ0v) is 72.8. The Balaban J connectivity index is 0.000000152. The number of alkyl halides is 4. The summed E-state index contributed by atoms with van der Waals surface area (Å²) in [4.78, 5) is 57.8. The van der Waals surface area contributed by atoms with Crippen molar-refractivity contribution in [3.05, 3.63) is 225 Å². The zero-order chi connectivity index (χ0) is 98.5. The lowest BCUT2D eigenvalue weighted by Crippen LogP contribution is -2.43. The summed E-state index contributed by atoms with van der Waals surface area (Å²) in [6.45, 7) is -6.68. The van der Waals surface area contributed by atoms with Crippen LogP contribution in [0.2, 0.25) is 0 Å². The van der Waals surface area contributed by atoms with Gasteiger partial charge in [0.15, 0.2) is 24.9 Å². The van der Waals surface area contributed by atoms with Crippen LogP contribution in [0.5, 0.6) is 23.0 Å². The largest absolute Gasteiger partial charge is 0.530 e. The van der Waals surface area contributed by atoms with Gasteiger partial charge in [-0.05, 0) is 49.9 Å². The number of hydrogen-bond acceptors (Lipinski definition) is 40. The number of aliphatic hydroxyl groups is 12. The molecule has 4 aromatic heterocycles. The lowest BCUT2D eigenvalue weighted by molar-refractivity contribution is -0.205. The Kier molecular flexibility index (Phi) is 26.8. The number of aryl methyl sites for hydroxylation is 4. The Morgan fingerprint density at radius 2 is 0.641 bits per heavy atom. The van der Waals surface area contributed by atoms with Crippen LogP contribution in [0.4, 0.5) is 17.6 Å². The van der Waals surface area contributed by atoms with Gasteiger partial charge in [0.2, 0.25) is 0 Å². The predicted octanol–water partition coefficient (Wildman–Crippen LogP) is 5.43. The molecule has 16 rings (SSSR count). The maximum absolute atomic E-state index is 15.9. The number of para-hydroxylation sites is 4. The first-order chi connectivity index (χ1) is 62.5. The average molecular weight is 1970 g/mol. The Morgan fingerprint density at radius 1 is 0.398 bits per heavy atom. The molecule has 696 valence electrons. The van der Waals surface area contributed by atoms with Crippen molar-refractivity contribution in [3.63, 3.8) is 0 Å². The number of H-pyrrole nitrogens is 4. The molecule has 4 saturated heterocycles. The molecule has 12 heterocycles. The van der Waals surface area contributed by atoms with Gasteiger partial charge in [0.1, 0.15) is 117 Å². The van der Waals surface area contributed by atoms with E-state index in [0.717, 1.165) is 29.4 Å². The molecule has 16 N–H and O–H groups in total. The van der Waals surface area contributed by atoms with Crippen molar-refractivity contribution in [1.82, 2.24) is 38.2 Å². The maximum atomic E-state index is 15.9. The van der Waals surface area contributed by atoms with E-state index in [2.05, 4.69) is 19.9 Å². The second-order valence-electron chi connectivity index (χ2n) is 28.7. The molecule has 0 amide bonds. The van der Waals surface area contributed by atoms with Crippen molar-refractivity contribution in [3.8, 4) is 23.0 Å². The Morgan fingerprint density at radius 3 is 0.953 bits per heavy atom. The third-order valence-corrected chi connectivity index (χ3v) is 26.2. The minimum atomic E-state index is -4.85. The molecule has 0 bridgehead atoms. The summed E-state index contributed by atoms with van der Waals surface area (Å²) in [5.41, 5.74) is 0.386. The smallest absolute Gasteiger partial charge is 0.403 e. The Bertz CT molecular complexity index is 6640. The van der Waals surface area contributed by atoms with Crippen LogP contribution < -0.4 is 40.9 Å². The van der Waals surface area contributed by atoms with Crippen molar-refractivity contribution in [2.24, 2.45) is 0 Å².